The number of aliphatic hydroxyl groups excluding tert-OH is 1. The second-order valence-corrected chi connectivity index (χ2v) is 11.7. The molecule has 1 aliphatic rings. The molecule has 0 aliphatic heterocycles. The first kappa shape index (κ1) is 25.0. The Morgan fingerprint density at radius 2 is 1.82 bits per heavy atom. The number of nitrogens with one attached hydrogen (secondary N) is 1. The molecule has 0 spiro atoms. The second kappa shape index (κ2) is 8.55. The topological polar surface area (TPSA) is 117 Å². The summed E-state index contributed by atoms with van der Waals surface area (Å²) >= 11 is 1.13. The number of aliphatic hydroxyl groups is 2. The van der Waals surface area contributed by atoms with Gasteiger partial charge >= 0.3 is 6.18 Å². The number of aryl methyl sites for hydroxylation is 1. The molecule has 2 aromatic heterocycles. The van der Waals surface area contributed by atoms with Crippen LogP contribution in [0.2, 0.25) is 0 Å². The summed E-state index contributed by atoms with van der Waals surface area (Å²) in [5, 5.41) is 24.6. The van der Waals surface area contributed by atoms with Gasteiger partial charge in [-0.3, -0.25) is 0 Å². The monoisotopic (exact) mass is 518 g/mol. The van der Waals surface area contributed by atoms with Gasteiger partial charge < -0.3 is 10.2 Å². The lowest BCUT2D eigenvalue weighted by molar-refractivity contribution is -0.139. The maximum Gasteiger partial charge on any atom is 0.417 e. The normalized spacial score (nSPS) is 20.2. The first-order valence-corrected chi connectivity index (χ1v) is 13.0. The molecule has 0 unspecified atom stereocenters. The smallest absolute Gasteiger partial charge is 0.393 e. The molecule has 0 amide bonds. The zero-order chi connectivity index (χ0) is 25.1. The molecule has 0 bridgehead atoms. The molecule has 1 saturated carbocycles. The van der Waals surface area contributed by atoms with Crippen LogP contribution in [0.3, 0.4) is 0 Å². The third kappa shape index (κ3) is 4.85. The Morgan fingerprint density at radius 3 is 2.41 bits per heavy atom. The number of alkyl halides is 3. The molecule has 186 valence electrons. The Morgan fingerprint density at radius 1 is 1.18 bits per heavy atom. The van der Waals surface area contributed by atoms with Gasteiger partial charge in [0.2, 0.25) is 15.0 Å². The molecule has 34 heavy (non-hydrogen) atoms. The predicted molar refractivity (Wildman–Crippen MR) is 120 cm³/mol. The van der Waals surface area contributed by atoms with Crippen LogP contribution in [0, 0.1) is 6.92 Å². The van der Waals surface area contributed by atoms with Gasteiger partial charge in [-0.15, -0.1) is 0 Å². The van der Waals surface area contributed by atoms with Gasteiger partial charge in [-0.2, -0.15) is 18.3 Å². The van der Waals surface area contributed by atoms with Gasteiger partial charge in [0.1, 0.15) is 10.6 Å². The average molecular weight is 519 g/mol. The number of aromatic nitrogens is 3. The molecule has 0 saturated heterocycles. The quantitative estimate of drug-likeness (QED) is 0.475. The lowest BCUT2D eigenvalue weighted by Gasteiger charge is -2.26. The Balaban J connectivity index is 1.82. The van der Waals surface area contributed by atoms with Gasteiger partial charge in [0.05, 0.1) is 28.0 Å². The molecule has 2 heterocycles. The standard InChI is InChI=1S/C21H25F3N4O4S2/c1-11-17(28-19(25-11)33-18(26-28)20(2,3)30)12-4-9-15(21(22,23)24)16(10-12)34(31,32)27-13-5-7-14(29)8-6-13/h4,9-10,13-14,27,29-30H,5-8H2,1-3H3/t13-,14-. The summed E-state index contributed by atoms with van der Waals surface area (Å²) in [5.41, 5.74) is -1.52. The number of sulfonamides is 1. The lowest BCUT2D eigenvalue weighted by Crippen LogP contribution is -2.39. The van der Waals surface area contributed by atoms with Crippen LogP contribution in [0.1, 0.15) is 55.8 Å². The fourth-order valence-electron chi connectivity index (χ4n) is 4.03. The van der Waals surface area contributed by atoms with Crippen molar-refractivity contribution in [2.75, 3.05) is 0 Å². The summed E-state index contributed by atoms with van der Waals surface area (Å²) in [7, 11) is -4.53. The molecule has 1 fully saturated rings. The van der Waals surface area contributed by atoms with Crippen molar-refractivity contribution in [3.8, 4) is 11.3 Å². The molecule has 8 nitrogen and oxygen atoms in total. The summed E-state index contributed by atoms with van der Waals surface area (Å²) < 4.78 is 71.3. The Kier molecular flexibility index (Phi) is 6.30. The minimum Gasteiger partial charge on any atom is -0.393 e. The number of halogens is 3. The van der Waals surface area contributed by atoms with E-state index in [0.29, 0.717) is 47.0 Å². The van der Waals surface area contributed by atoms with Crippen LogP contribution < -0.4 is 4.72 Å². The third-order valence-corrected chi connectivity index (χ3v) is 8.55. The van der Waals surface area contributed by atoms with Crippen molar-refractivity contribution in [1.82, 2.24) is 19.3 Å². The molecule has 4 rings (SSSR count). The van der Waals surface area contributed by atoms with Crippen molar-refractivity contribution in [3.63, 3.8) is 0 Å². The van der Waals surface area contributed by atoms with Crippen molar-refractivity contribution >= 4 is 26.3 Å². The van der Waals surface area contributed by atoms with E-state index in [1.165, 1.54) is 10.6 Å². The molecule has 3 aromatic rings. The fraction of sp³-hybridized carbons (Fsp3) is 0.524. The number of rotatable bonds is 5. The zero-order valence-corrected chi connectivity index (χ0v) is 20.4. The van der Waals surface area contributed by atoms with E-state index in [9.17, 15) is 31.8 Å². The molecule has 13 heteroatoms. The summed E-state index contributed by atoms with van der Waals surface area (Å²) in [6.45, 7) is 4.75. The predicted octanol–water partition coefficient (Wildman–Crippen LogP) is 3.59. The first-order valence-electron chi connectivity index (χ1n) is 10.7. The van der Waals surface area contributed by atoms with Crippen molar-refractivity contribution in [2.24, 2.45) is 0 Å². The zero-order valence-electron chi connectivity index (χ0n) is 18.7. The van der Waals surface area contributed by atoms with E-state index in [0.717, 1.165) is 23.5 Å². The molecular formula is C21H25F3N4O4S2. The van der Waals surface area contributed by atoms with E-state index in [1.807, 2.05) is 0 Å². The highest BCUT2D eigenvalue weighted by molar-refractivity contribution is 7.89. The second-order valence-electron chi connectivity index (χ2n) is 9.04. The minimum atomic E-state index is -4.89. The van der Waals surface area contributed by atoms with Crippen molar-refractivity contribution in [2.45, 2.75) is 75.3 Å². The van der Waals surface area contributed by atoms with E-state index in [2.05, 4.69) is 14.8 Å². The highest BCUT2D eigenvalue weighted by Crippen LogP contribution is 2.38. The van der Waals surface area contributed by atoms with E-state index >= 15 is 0 Å². The van der Waals surface area contributed by atoms with Crippen molar-refractivity contribution in [3.05, 3.63) is 34.5 Å². The molecular weight excluding hydrogens is 493 g/mol. The van der Waals surface area contributed by atoms with Gasteiger partial charge in [0.25, 0.3) is 0 Å². The van der Waals surface area contributed by atoms with Gasteiger partial charge in [-0.1, -0.05) is 17.4 Å². The largest absolute Gasteiger partial charge is 0.417 e. The number of benzene rings is 1. The Labute approximate surface area is 198 Å². The van der Waals surface area contributed by atoms with E-state index < -0.39 is 44.4 Å². The number of hydrogen-bond donors (Lipinski definition) is 3. The summed E-state index contributed by atoms with van der Waals surface area (Å²) in [5.74, 6) is 0. The maximum absolute atomic E-state index is 13.8. The first-order chi connectivity index (χ1) is 15.7. The van der Waals surface area contributed by atoms with E-state index in [-0.39, 0.29) is 5.56 Å². The van der Waals surface area contributed by atoms with Crippen LogP contribution in [-0.4, -0.2) is 45.4 Å². The number of imidazole rings is 1. The maximum atomic E-state index is 13.8. The average Bonchev–Trinajstić information content (AvgIpc) is 3.25. The Hall–Kier alpha value is -2.06. The van der Waals surface area contributed by atoms with Crippen LogP contribution in [0.25, 0.3) is 16.2 Å². The van der Waals surface area contributed by atoms with Crippen molar-refractivity contribution < 1.29 is 31.8 Å². The fourth-order valence-corrected chi connectivity index (χ4v) is 6.53. The van der Waals surface area contributed by atoms with Crippen LogP contribution in [0.15, 0.2) is 23.1 Å². The Bertz CT molecular complexity index is 1320. The van der Waals surface area contributed by atoms with Crippen LogP contribution in [0.5, 0.6) is 0 Å². The third-order valence-electron chi connectivity index (χ3n) is 5.77. The van der Waals surface area contributed by atoms with Gasteiger partial charge in [-0.25, -0.2) is 22.6 Å². The summed E-state index contributed by atoms with van der Waals surface area (Å²) in [4.78, 5) is 3.93. The van der Waals surface area contributed by atoms with Crippen LogP contribution in [0.4, 0.5) is 13.2 Å². The highest BCUT2D eigenvalue weighted by Gasteiger charge is 2.38. The van der Waals surface area contributed by atoms with E-state index in [4.69, 9.17) is 0 Å². The molecule has 3 N–H and O–H groups in total. The lowest BCUT2D eigenvalue weighted by atomic mass is 9.94. The number of hydrogen-bond acceptors (Lipinski definition) is 7. The van der Waals surface area contributed by atoms with Crippen LogP contribution in [-0.2, 0) is 21.8 Å². The molecule has 1 aliphatic carbocycles. The molecule has 0 radical (unpaired) electrons. The molecule has 0 atom stereocenters. The molecule has 1 aromatic carbocycles. The number of fused-ring (bicyclic) bond motifs is 1. The summed E-state index contributed by atoms with van der Waals surface area (Å²) in [6, 6.07) is 2.37. The van der Waals surface area contributed by atoms with E-state index in [1.54, 1.807) is 20.8 Å². The van der Waals surface area contributed by atoms with Crippen molar-refractivity contribution in [1.29, 1.82) is 0 Å². The van der Waals surface area contributed by atoms with Gasteiger partial charge in [-0.05, 0) is 58.6 Å². The minimum absolute atomic E-state index is 0.199. The summed E-state index contributed by atoms with van der Waals surface area (Å²) in [6.07, 6.45) is -4.00. The van der Waals surface area contributed by atoms with Gasteiger partial charge in [0, 0.05) is 11.6 Å². The SMILES string of the molecule is Cc1nc2sc(C(C)(C)O)nn2c1-c1ccc(C(F)(F)F)c(S(=O)(=O)N[C@H]2CC[C@H](O)CC2)c1. The van der Waals surface area contributed by atoms with Crippen LogP contribution >= 0.6 is 11.3 Å². The number of nitrogens with zero attached hydrogens (tertiary/aromatic N) is 3. The van der Waals surface area contributed by atoms with Gasteiger partial charge in [0.15, 0.2) is 0 Å². The highest BCUT2D eigenvalue weighted by atomic mass is 32.2.